The van der Waals surface area contributed by atoms with E-state index in [2.05, 4.69) is 30.7 Å². The Bertz CT molecular complexity index is 1190. The number of nitrogens with zero attached hydrogens (tertiary/aromatic N) is 7. The normalized spacial score (nSPS) is 16.1. The molecule has 12 nitrogen and oxygen atoms in total. The average Bonchev–Trinajstić information content (AvgIpc) is 3.49. The molecule has 13 heteroatoms. The summed E-state index contributed by atoms with van der Waals surface area (Å²) in [5, 5.41) is 10.5. The molecule has 1 atom stereocenters. The standard InChI is InChI=1S/C22H32FN9O3/c1-22(2,3)35-21(33)24-8-6-9-32-12-15(19(29-32)34-5)26-17-16-18(30(4)13-25-16)28-20(27-17)31-10-7-14(23)11-31/h12-14H,6-11H2,1-5H3,(H,24,33)(H,26,27,28)/t14-/m0/s1. The summed E-state index contributed by atoms with van der Waals surface area (Å²) in [4.78, 5) is 27.3. The van der Waals surface area contributed by atoms with Gasteiger partial charge in [0, 0.05) is 26.7 Å². The van der Waals surface area contributed by atoms with E-state index in [9.17, 15) is 9.18 Å². The maximum absolute atomic E-state index is 13.8. The summed E-state index contributed by atoms with van der Waals surface area (Å²) in [5.41, 5.74) is 1.29. The monoisotopic (exact) mass is 489 g/mol. The fraction of sp³-hybridized carbons (Fsp3) is 0.591. The van der Waals surface area contributed by atoms with Crippen molar-refractivity contribution in [2.75, 3.05) is 37.0 Å². The number of imidazole rings is 1. The van der Waals surface area contributed by atoms with Crippen LogP contribution in [0.4, 0.5) is 26.6 Å². The molecule has 1 aliphatic rings. The van der Waals surface area contributed by atoms with E-state index < -0.39 is 17.9 Å². The number of rotatable bonds is 8. The number of halogens is 1. The van der Waals surface area contributed by atoms with Gasteiger partial charge in [-0.25, -0.2) is 14.2 Å². The minimum Gasteiger partial charge on any atom is -0.478 e. The van der Waals surface area contributed by atoms with Crippen LogP contribution in [-0.2, 0) is 18.3 Å². The molecule has 0 spiro atoms. The molecule has 4 rings (SSSR count). The zero-order chi connectivity index (χ0) is 25.2. The van der Waals surface area contributed by atoms with Gasteiger partial charge in [0.2, 0.25) is 5.95 Å². The topological polar surface area (TPSA) is 124 Å². The molecule has 0 aliphatic carbocycles. The molecule has 0 saturated carbocycles. The molecular weight excluding hydrogens is 457 g/mol. The third-order valence-corrected chi connectivity index (χ3v) is 5.37. The average molecular weight is 490 g/mol. The van der Waals surface area contributed by atoms with Crippen LogP contribution < -0.4 is 20.3 Å². The first kappa shape index (κ1) is 24.5. The first-order valence-corrected chi connectivity index (χ1v) is 11.6. The molecule has 2 N–H and O–H groups in total. The lowest BCUT2D eigenvalue weighted by atomic mass is 10.2. The second-order valence-electron chi connectivity index (χ2n) is 9.45. The van der Waals surface area contributed by atoms with E-state index in [0.717, 1.165) is 0 Å². The zero-order valence-electron chi connectivity index (χ0n) is 20.7. The van der Waals surface area contributed by atoms with Gasteiger partial charge in [0.25, 0.3) is 5.88 Å². The number of nitrogens with one attached hydrogen (secondary N) is 2. The number of amides is 1. The molecule has 190 valence electrons. The zero-order valence-corrected chi connectivity index (χ0v) is 20.7. The Hall–Kier alpha value is -3.64. The number of alkyl carbamates (subject to hydrolysis) is 1. The maximum atomic E-state index is 13.8. The number of carbonyl (C=O) groups excluding carboxylic acids is 1. The molecule has 1 saturated heterocycles. The van der Waals surface area contributed by atoms with Crippen LogP contribution in [0.2, 0.25) is 0 Å². The number of ether oxygens (including phenoxy) is 2. The van der Waals surface area contributed by atoms with Crippen LogP contribution >= 0.6 is 0 Å². The van der Waals surface area contributed by atoms with Crippen molar-refractivity contribution in [1.82, 2.24) is 34.6 Å². The fourth-order valence-electron chi connectivity index (χ4n) is 3.75. The third-order valence-electron chi connectivity index (χ3n) is 5.37. The number of carbonyl (C=O) groups is 1. The Morgan fingerprint density at radius 1 is 1.31 bits per heavy atom. The number of alkyl halides is 1. The quantitative estimate of drug-likeness (QED) is 0.460. The smallest absolute Gasteiger partial charge is 0.407 e. The third kappa shape index (κ3) is 5.89. The minimum absolute atomic E-state index is 0.265. The molecule has 0 unspecified atom stereocenters. The van der Waals surface area contributed by atoms with Crippen LogP contribution in [0.15, 0.2) is 12.5 Å². The number of anilines is 3. The van der Waals surface area contributed by atoms with E-state index >= 15 is 0 Å². The van der Waals surface area contributed by atoms with Crippen LogP contribution in [0.5, 0.6) is 5.88 Å². The van der Waals surface area contributed by atoms with Crippen LogP contribution in [0.25, 0.3) is 11.2 Å². The minimum atomic E-state index is -0.889. The van der Waals surface area contributed by atoms with Crippen LogP contribution in [0, 0.1) is 0 Å². The molecule has 0 bridgehead atoms. The predicted molar refractivity (Wildman–Crippen MR) is 129 cm³/mol. The Kier molecular flexibility index (Phi) is 6.94. The Balaban J connectivity index is 1.47. The number of aromatic nitrogens is 6. The van der Waals surface area contributed by atoms with Crippen molar-refractivity contribution in [3.05, 3.63) is 12.5 Å². The van der Waals surface area contributed by atoms with Gasteiger partial charge in [-0.15, -0.1) is 5.10 Å². The number of fused-ring (bicyclic) bond motifs is 1. The lowest BCUT2D eigenvalue weighted by Crippen LogP contribution is -2.33. The maximum Gasteiger partial charge on any atom is 0.407 e. The molecule has 3 aromatic heterocycles. The lowest BCUT2D eigenvalue weighted by molar-refractivity contribution is 0.0526. The number of aryl methyl sites for hydroxylation is 2. The molecule has 4 heterocycles. The first-order chi connectivity index (χ1) is 16.6. The van der Waals surface area contributed by atoms with Crippen LogP contribution in [0.1, 0.15) is 33.6 Å². The molecule has 1 fully saturated rings. The van der Waals surface area contributed by atoms with E-state index in [0.29, 0.717) is 67.0 Å². The summed E-state index contributed by atoms with van der Waals surface area (Å²) in [6.45, 7) is 7.27. The predicted octanol–water partition coefficient (Wildman–Crippen LogP) is 2.78. The Morgan fingerprint density at radius 3 is 2.80 bits per heavy atom. The summed E-state index contributed by atoms with van der Waals surface area (Å²) in [7, 11) is 3.39. The largest absolute Gasteiger partial charge is 0.478 e. The Labute approximate surface area is 202 Å². The highest BCUT2D eigenvalue weighted by atomic mass is 19.1. The van der Waals surface area contributed by atoms with Gasteiger partial charge in [-0.1, -0.05) is 0 Å². The van der Waals surface area contributed by atoms with Gasteiger partial charge >= 0.3 is 6.09 Å². The summed E-state index contributed by atoms with van der Waals surface area (Å²) >= 11 is 0. The van der Waals surface area contributed by atoms with Crippen LogP contribution in [0.3, 0.4) is 0 Å². The fourth-order valence-corrected chi connectivity index (χ4v) is 3.75. The van der Waals surface area contributed by atoms with E-state index in [1.165, 1.54) is 7.11 Å². The number of hydrogen-bond acceptors (Lipinski definition) is 9. The highest BCUT2D eigenvalue weighted by molar-refractivity contribution is 5.87. The van der Waals surface area contributed by atoms with Crippen molar-refractivity contribution in [3.63, 3.8) is 0 Å². The number of hydrogen-bond donors (Lipinski definition) is 2. The van der Waals surface area contributed by atoms with Crippen molar-refractivity contribution >= 4 is 34.7 Å². The number of methoxy groups -OCH3 is 1. The molecule has 0 radical (unpaired) electrons. The first-order valence-electron chi connectivity index (χ1n) is 11.6. The van der Waals surface area contributed by atoms with Crippen molar-refractivity contribution in [2.24, 2.45) is 7.05 Å². The summed E-state index contributed by atoms with van der Waals surface area (Å²) in [6, 6.07) is 0. The lowest BCUT2D eigenvalue weighted by Gasteiger charge is -2.19. The molecule has 1 amide bonds. The van der Waals surface area contributed by atoms with Crippen molar-refractivity contribution in [1.29, 1.82) is 0 Å². The van der Waals surface area contributed by atoms with E-state index in [4.69, 9.17) is 9.47 Å². The van der Waals surface area contributed by atoms with Gasteiger partial charge < -0.3 is 29.6 Å². The molecule has 0 aromatic carbocycles. The van der Waals surface area contributed by atoms with Gasteiger partial charge in [0.05, 0.1) is 26.2 Å². The summed E-state index contributed by atoms with van der Waals surface area (Å²) in [6.07, 6.45) is 3.23. The van der Waals surface area contributed by atoms with Gasteiger partial charge in [0.15, 0.2) is 17.0 Å². The van der Waals surface area contributed by atoms with Gasteiger partial charge in [-0.05, 0) is 33.6 Å². The molecule has 1 aliphatic heterocycles. The molecular formula is C22H32FN9O3. The van der Waals surface area contributed by atoms with Gasteiger partial charge in [0.1, 0.15) is 17.5 Å². The SMILES string of the molecule is COc1nn(CCCNC(=O)OC(C)(C)C)cc1Nc1nc(N2CC[C@H](F)C2)nc2c1ncn2C. The van der Waals surface area contributed by atoms with Crippen molar-refractivity contribution in [3.8, 4) is 5.88 Å². The second kappa shape index (κ2) is 9.92. The molecule has 35 heavy (non-hydrogen) atoms. The van der Waals surface area contributed by atoms with Crippen molar-refractivity contribution < 1.29 is 18.7 Å². The summed E-state index contributed by atoms with van der Waals surface area (Å²) in [5.74, 6) is 1.32. The summed E-state index contributed by atoms with van der Waals surface area (Å²) < 4.78 is 28.0. The molecule has 3 aromatic rings. The van der Waals surface area contributed by atoms with Gasteiger partial charge in [-0.3, -0.25) is 4.68 Å². The van der Waals surface area contributed by atoms with E-state index in [1.807, 2.05) is 32.7 Å². The Morgan fingerprint density at radius 2 is 2.11 bits per heavy atom. The van der Waals surface area contributed by atoms with Crippen molar-refractivity contribution in [2.45, 2.75) is 51.9 Å². The second-order valence-corrected chi connectivity index (χ2v) is 9.45. The van der Waals surface area contributed by atoms with Gasteiger partial charge in [-0.2, -0.15) is 9.97 Å². The van der Waals surface area contributed by atoms with E-state index in [-0.39, 0.29) is 6.54 Å². The highest BCUT2D eigenvalue weighted by Crippen LogP contribution is 2.30. The highest BCUT2D eigenvalue weighted by Gasteiger charge is 2.26. The van der Waals surface area contributed by atoms with Crippen LogP contribution in [-0.4, -0.2) is 73.9 Å². The van der Waals surface area contributed by atoms with E-state index in [1.54, 1.807) is 21.8 Å².